The SMILES string of the molecule is C=CC1[C@@H]2O[C@@H]2CN1Cc1ccccc1. The smallest absolute Gasteiger partial charge is 0.104 e. The largest absolute Gasteiger partial charge is 0.366 e. The average Bonchev–Trinajstić information content (AvgIpc) is 2.93. The van der Waals surface area contributed by atoms with Gasteiger partial charge in [-0.15, -0.1) is 6.58 Å². The molecule has 2 saturated heterocycles. The molecule has 2 aliphatic heterocycles. The quantitative estimate of drug-likeness (QED) is 0.547. The zero-order chi connectivity index (χ0) is 10.3. The molecule has 2 fully saturated rings. The molecule has 2 aliphatic rings. The van der Waals surface area contributed by atoms with Crippen LogP contribution in [-0.2, 0) is 11.3 Å². The second-order valence-electron chi connectivity index (χ2n) is 4.28. The van der Waals surface area contributed by atoms with E-state index in [0.29, 0.717) is 18.2 Å². The monoisotopic (exact) mass is 201 g/mol. The van der Waals surface area contributed by atoms with E-state index in [9.17, 15) is 0 Å². The number of ether oxygens (including phenoxy) is 1. The summed E-state index contributed by atoms with van der Waals surface area (Å²) in [5, 5.41) is 0. The molecule has 3 rings (SSSR count). The van der Waals surface area contributed by atoms with E-state index in [1.165, 1.54) is 5.56 Å². The van der Waals surface area contributed by atoms with Crippen molar-refractivity contribution in [3.63, 3.8) is 0 Å². The first kappa shape index (κ1) is 9.13. The van der Waals surface area contributed by atoms with Crippen LogP contribution in [0.4, 0.5) is 0 Å². The molecule has 15 heavy (non-hydrogen) atoms. The molecule has 2 heterocycles. The van der Waals surface area contributed by atoms with E-state index < -0.39 is 0 Å². The second-order valence-corrected chi connectivity index (χ2v) is 4.28. The fraction of sp³-hybridized carbons (Fsp3) is 0.385. The summed E-state index contributed by atoms with van der Waals surface area (Å²) in [6, 6.07) is 11.0. The molecule has 1 aromatic rings. The highest BCUT2D eigenvalue weighted by Crippen LogP contribution is 2.37. The normalized spacial score (nSPS) is 33.7. The van der Waals surface area contributed by atoms with Crippen LogP contribution < -0.4 is 0 Å². The molecule has 78 valence electrons. The first-order valence-electron chi connectivity index (χ1n) is 5.44. The van der Waals surface area contributed by atoms with E-state index in [1.54, 1.807) is 0 Å². The van der Waals surface area contributed by atoms with Crippen LogP contribution >= 0.6 is 0 Å². The highest BCUT2D eigenvalue weighted by molar-refractivity contribution is 5.18. The number of hydrogen-bond acceptors (Lipinski definition) is 2. The third-order valence-electron chi connectivity index (χ3n) is 3.26. The summed E-state index contributed by atoms with van der Waals surface area (Å²) in [4.78, 5) is 2.45. The number of fused-ring (bicyclic) bond motifs is 1. The maximum Gasteiger partial charge on any atom is 0.104 e. The molecule has 2 nitrogen and oxygen atoms in total. The minimum atomic E-state index is 0.412. The van der Waals surface area contributed by atoms with Gasteiger partial charge in [-0.1, -0.05) is 36.4 Å². The van der Waals surface area contributed by atoms with Gasteiger partial charge in [-0.2, -0.15) is 0 Å². The lowest BCUT2D eigenvalue weighted by Crippen LogP contribution is -2.32. The maximum atomic E-state index is 5.51. The third kappa shape index (κ3) is 1.60. The Labute approximate surface area is 90.2 Å². The van der Waals surface area contributed by atoms with Crippen molar-refractivity contribution in [2.75, 3.05) is 6.54 Å². The standard InChI is InChI=1S/C13H15NO/c1-2-11-13-12(15-13)9-14(11)8-10-6-4-3-5-7-10/h2-7,11-13H,1,8-9H2/t11?,12-,13+/m1/s1. The first-order chi connectivity index (χ1) is 7.38. The van der Waals surface area contributed by atoms with Gasteiger partial charge in [0.05, 0.1) is 12.1 Å². The topological polar surface area (TPSA) is 15.8 Å². The predicted molar refractivity (Wildman–Crippen MR) is 59.5 cm³/mol. The Bertz CT molecular complexity index is 362. The van der Waals surface area contributed by atoms with Gasteiger partial charge < -0.3 is 4.74 Å². The van der Waals surface area contributed by atoms with Crippen molar-refractivity contribution in [2.45, 2.75) is 24.8 Å². The van der Waals surface area contributed by atoms with E-state index >= 15 is 0 Å². The van der Waals surface area contributed by atoms with Crippen LogP contribution in [0.15, 0.2) is 43.0 Å². The zero-order valence-corrected chi connectivity index (χ0v) is 8.67. The van der Waals surface area contributed by atoms with Gasteiger partial charge in [-0.05, 0) is 5.56 Å². The molecule has 0 spiro atoms. The molecule has 3 atom stereocenters. The Hall–Kier alpha value is -1.12. The molecular weight excluding hydrogens is 186 g/mol. The van der Waals surface area contributed by atoms with Gasteiger partial charge in [0, 0.05) is 13.1 Å². The number of epoxide rings is 1. The molecule has 0 amide bonds. The Morgan fingerprint density at radius 2 is 2.20 bits per heavy atom. The molecular formula is C13H15NO. The van der Waals surface area contributed by atoms with Crippen molar-refractivity contribution in [3.05, 3.63) is 48.6 Å². The maximum absolute atomic E-state index is 5.51. The van der Waals surface area contributed by atoms with Crippen LogP contribution in [0.1, 0.15) is 5.56 Å². The van der Waals surface area contributed by atoms with Gasteiger partial charge in [0.15, 0.2) is 0 Å². The van der Waals surface area contributed by atoms with E-state index in [4.69, 9.17) is 4.74 Å². The van der Waals surface area contributed by atoms with Crippen molar-refractivity contribution in [3.8, 4) is 0 Å². The third-order valence-corrected chi connectivity index (χ3v) is 3.26. The molecule has 2 heteroatoms. The minimum Gasteiger partial charge on any atom is -0.366 e. The molecule has 0 radical (unpaired) electrons. The summed E-state index contributed by atoms with van der Waals surface area (Å²) >= 11 is 0. The molecule has 0 saturated carbocycles. The van der Waals surface area contributed by atoms with Gasteiger partial charge in [0.2, 0.25) is 0 Å². The summed E-state index contributed by atoms with van der Waals surface area (Å²) in [6.45, 7) is 5.95. The number of morpholine rings is 1. The number of likely N-dealkylation sites (tertiary alicyclic amines) is 1. The highest BCUT2D eigenvalue weighted by atomic mass is 16.6. The lowest BCUT2D eigenvalue weighted by Gasteiger charge is -2.23. The zero-order valence-electron chi connectivity index (χ0n) is 8.67. The van der Waals surface area contributed by atoms with Crippen molar-refractivity contribution < 1.29 is 4.74 Å². The van der Waals surface area contributed by atoms with Crippen LogP contribution in [0.5, 0.6) is 0 Å². The number of hydrogen-bond donors (Lipinski definition) is 0. The van der Waals surface area contributed by atoms with Gasteiger partial charge in [-0.25, -0.2) is 0 Å². The number of nitrogens with zero attached hydrogens (tertiary/aromatic N) is 1. The molecule has 0 N–H and O–H groups in total. The second kappa shape index (κ2) is 3.47. The molecule has 1 aromatic carbocycles. The fourth-order valence-corrected chi connectivity index (χ4v) is 2.44. The lowest BCUT2D eigenvalue weighted by atomic mass is 10.2. The molecule has 0 aromatic heterocycles. The van der Waals surface area contributed by atoms with E-state index in [1.807, 2.05) is 6.08 Å². The molecule has 1 unspecified atom stereocenters. The lowest BCUT2D eigenvalue weighted by molar-refractivity contribution is 0.161. The fourth-order valence-electron chi connectivity index (χ4n) is 2.44. The minimum absolute atomic E-state index is 0.412. The Kier molecular flexibility index (Phi) is 2.11. The molecule has 0 aliphatic carbocycles. The van der Waals surface area contributed by atoms with E-state index in [0.717, 1.165) is 13.1 Å². The van der Waals surface area contributed by atoms with Gasteiger partial charge in [0.25, 0.3) is 0 Å². The van der Waals surface area contributed by atoms with Crippen LogP contribution in [0.3, 0.4) is 0 Å². The summed E-state index contributed by atoms with van der Waals surface area (Å²) in [6.07, 6.45) is 2.91. The van der Waals surface area contributed by atoms with Gasteiger partial charge in [0.1, 0.15) is 6.10 Å². The van der Waals surface area contributed by atoms with E-state index in [-0.39, 0.29) is 0 Å². The van der Waals surface area contributed by atoms with Crippen LogP contribution in [-0.4, -0.2) is 29.7 Å². The Balaban J connectivity index is 1.71. The van der Waals surface area contributed by atoms with Gasteiger partial charge in [-0.3, -0.25) is 4.90 Å². The summed E-state index contributed by atoms with van der Waals surface area (Å²) in [5.74, 6) is 0. The van der Waals surface area contributed by atoms with Crippen LogP contribution in [0, 0.1) is 0 Å². The van der Waals surface area contributed by atoms with Crippen molar-refractivity contribution in [2.24, 2.45) is 0 Å². The predicted octanol–water partition coefficient (Wildman–Crippen LogP) is 1.82. The van der Waals surface area contributed by atoms with E-state index in [2.05, 4.69) is 41.8 Å². The summed E-state index contributed by atoms with van der Waals surface area (Å²) < 4.78 is 5.51. The number of benzene rings is 1. The summed E-state index contributed by atoms with van der Waals surface area (Å²) in [7, 11) is 0. The number of rotatable bonds is 3. The van der Waals surface area contributed by atoms with Crippen molar-refractivity contribution in [1.29, 1.82) is 0 Å². The average molecular weight is 201 g/mol. The van der Waals surface area contributed by atoms with Crippen LogP contribution in [0.25, 0.3) is 0 Å². The summed E-state index contributed by atoms with van der Waals surface area (Å²) in [5.41, 5.74) is 1.37. The highest BCUT2D eigenvalue weighted by Gasteiger charge is 2.53. The van der Waals surface area contributed by atoms with Crippen LogP contribution in [0.2, 0.25) is 0 Å². The first-order valence-corrected chi connectivity index (χ1v) is 5.44. The Morgan fingerprint density at radius 1 is 1.40 bits per heavy atom. The van der Waals surface area contributed by atoms with Gasteiger partial charge >= 0.3 is 0 Å². The Morgan fingerprint density at radius 3 is 2.93 bits per heavy atom. The van der Waals surface area contributed by atoms with Crippen molar-refractivity contribution >= 4 is 0 Å². The van der Waals surface area contributed by atoms with Crippen molar-refractivity contribution in [1.82, 2.24) is 4.90 Å². The molecule has 0 bridgehead atoms.